The van der Waals surface area contributed by atoms with E-state index in [2.05, 4.69) is 27.6 Å². The van der Waals surface area contributed by atoms with Crippen molar-refractivity contribution in [3.63, 3.8) is 0 Å². The number of benzene rings is 2. The summed E-state index contributed by atoms with van der Waals surface area (Å²) in [6.45, 7) is 4.65. The molecule has 0 aromatic heterocycles. The standard InChI is InChI=1S/C20H25BrN2O3S/c1-3-5-11-20(4-2)14-23(15-9-7-6-8-10-15)17-12-16(21)18(24)13-19(17)27(25,26)22-20/h6-10,12-13,22,24H,3-5,11,14H2,1-2H3. The first-order valence-electron chi connectivity index (χ1n) is 9.21. The summed E-state index contributed by atoms with van der Waals surface area (Å²) in [7, 11) is -3.78. The van der Waals surface area contributed by atoms with Crippen molar-refractivity contribution in [2.45, 2.75) is 50.0 Å². The highest BCUT2D eigenvalue weighted by molar-refractivity contribution is 9.10. The summed E-state index contributed by atoms with van der Waals surface area (Å²) in [5.41, 5.74) is 0.904. The van der Waals surface area contributed by atoms with Crippen molar-refractivity contribution in [1.82, 2.24) is 4.72 Å². The number of nitrogens with zero attached hydrogens (tertiary/aromatic N) is 1. The highest BCUT2D eigenvalue weighted by atomic mass is 79.9. The number of hydrogen-bond acceptors (Lipinski definition) is 4. The van der Waals surface area contributed by atoms with E-state index in [1.807, 2.05) is 42.2 Å². The molecule has 1 unspecified atom stereocenters. The molecule has 0 amide bonds. The molecule has 0 saturated carbocycles. The predicted octanol–water partition coefficient (Wildman–Crippen LogP) is 4.92. The smallest absolute Gasteiger partial charge is 0.243 e. The van der Waals surface area contributed by atoms with Crippen molar-refractivity contribution in [2.24, 2.45) is 0 Å². The summed E-state index contributed by atoms with van der Waals surface area (Å²) >= 11 is 3.33. The number of aromatic hydroxyl groups is 1. The first-order chi connectivity index (χ1) is 12.8. The first-order valence-corrected chi connectivity index (χ1v) is 11.5. The van der Waals surface area contributed by atoms with Crippen LogP contribution in [0.4, 0.5) is 11.4 Å². The van der Waals surface area contributed by atoms with Crippen LogP contribution in [0.5, 0.6) is 5.75 Å². The Morgan fingerprint density at radius 1 is 1.22 bits per heavy atom. The van der Waals surface area contributed by atoms with Crippen LogP contribution in [0.2, 0.25) is 0 Å². The molecule has 27 heavy (non-hydrogen) atoms. The Hall–Kier alpha value is -1.57. The third-order valence-electron chi connectivity index (χ3n) is 5.17. The number of phenols is 1. The molecule has 7 heteroatoms. The maximum absolute atomic E-state index is 13.2. The van der Waals surface area contributed by atoms with Crippen LogP contribution in [-0.4, -0.2) is 25.6 Å². The Morgan fingerprint density at radius 3 is 2.56 bits per heavy atom. The summed E-state index contributed by atoms with van der Waals surface area (Å²) in [5.74, 6) is -0.0929. The number of fused-ring (bicyclic) bond motifs is 1. The molecule has 2 N–H and O–H groups in total. The number of hydrogen-bond donors (Lipinski definition) is 2. The molecule has 0 spiro atoms. The Labute approximate surface area is 169 Å². The van der Waals surface area contributed by atoms with Gasteiger partial charge in [-0.05, 0) is 47.0 Å². The number of para-hydroxylation sites is 1. The number of phenolic OH excluding ortho intramolecular Hbond substituents is 1. The molecule has 146 valence electrons. The van der Waals surface area contributed by atoms with Crippen LogP contribution in [0.3, 0.4) is 0 Å². The Balaban J connectivity index is 2.24. The van der Waals surface area contributed by atoms with E-state index in [0.29, 0.717) is 23.1 Å². The van der Waals surface area contributed by atoms with E-state index < -0.39 is 15.6 Å². The minimum absolute atomic E-state index is 0.0929. The van der Waals surface area contributed by atoms with E-state index in [-0.39, 0.29) is 10.6 Å². The van der Waals surface area contributed by atoms with E-state index in [0.717, 1.165) is 24.9 Å². The van der Waals surface area contributed by atoms with Crippen molar-refractivity contribution in [1.29, 1.82) is 0 Å². The lowest BCUT2D eigenvalue weighted by atomic mass is 9.90. The number of halogens is 1. The van der Waals surface area contributed by atoms with Gasteiger partial charge in [0.05, 0.1) is 15.7 Å². The highest BCUT2D eigenvalue weighted by Gasteiger charge is 2.41. The van der Waals surface area contributed by atoms with Crippen LogP contribution < -0.4 is 9.62 Å². The third kappa shape index (κ3) is 4.00. The van der Waals surface area contributed by atoms with Gasteiger partial charge in [-0.15, -0.1) is 0 Å². The van der Waals surface area contributed by atoms with Gasteiger partial charge in [0.1, 0.15) is 10.6 Å². The zero-order chi connectivity index (χ0) is 19.7. The molecule has 1 aliphatic rings. The van der Waals surface area contributed by atoms with Gasteiger partial charge < -0.3 is 10.0 Å². The second kappa shape index (κ2) is 7.81. The van der Waals surface area contributed by atoms with Gasteiger partial charge in [0.25, 0.3) is 0 Å². The van der Waals surface area contributed by atoms with Gasteiger partial charge in [-0.1, -0.05) is 44.9 Å². The minimum Gasteiger partial charge on any atom is -0.507 e. The monoisotopic (exact) mass is 452 g/mol. The molecule has 5 nitrogen and oxygen atoms in total. The zero-order valence-corrected chi connectivity index (χ0v) is 18.0. The van der Waals surface area contributed by atoms with Gasteiger partial charge in [-0.3, -0.25) is 0 Å². The third-order valence-corrected chi connectivity index (χ3v) is 7.42. The van der Waals surface area contributed by atoms with Crippen LogP contribution in [0.1, 0.15) is 39.5 Å². The Bertz CT molecular complexity index is 918. The van der Waals surface area contributed by atoms with Gasteiger partial charge in [-0.25, -0.2) is 13.1 Å². The van der Waals surface area contributed by atoms with Crippen LogP contribution in [0.25, 0.3) is 0 Å². The fourth-order valence-corrected chi connectivity index (χ4v) is 5.60. The van der Waals surface area contributed by atoms with E-state index in [4.69, 9.17) is 0 Å². The van der Waals surface area contributed by atoms with Crippen LogP contribution in [-0.2, 0) is 10.0 Å². The molecule has 3 rings (SSSR count). The number of rotatable bonds is 5. The van der Waals surface area contributed by atoms with E-state index in [1.165, 1.54) is 6.07 Å². The second-order valence-electron chi connectivity index (χ2n) is 7.04. The maximum Gasteiger partial charge on any atom is 0.243 e. The number of anilines is 2. The van der Waals surface area contributed by atoms with Crippen molar-refractivity contribution in [3.05, 3.63) is 46.9 Å². The molecule has 0 bridgehead atoms. The average Bonchev–Trinajstić information content (AvgIpc) is 2.75. The summed E-state index contributed by atoms with van der Waals surface area (Å²) in [4.78, 5) is 2.13. The zero-order valence-electron chi connectivity index (χ0n) is 15.6. The van der Waals surface area contributed by atoms with E-state index in [9.17, 15) is 13.5 Å². The molecule has 2 aromatic carbocycles. The quantitative estimate of drug-likeness (QED) is 0.674. The van der Waals surface area contributed by atoms with Crippen molar-refractivity contribution >= 4 is 37.3 Å². The minimum atomic E-state index is -3.78. The lowest BCUT2D eigenvalue weighted by Crippen LogP contribution is -2.52. The van der Waals surface area contributed by atoms with Crippen molar-refractivity contribution in [3.8, 4) is 5.75 Å². The molecule has 0 saturated heterocycles. The van der Waals surface area contributed by atoms with E-state index >= 15 is 0 Å². The van der Waals surface area contributed by atoms with Crippen LogP contribution in [0, 0.1) is 0 Å². The van der Waals surface area contributed by atoms with Gasteiger partial charge in [-0.2, -0.15) is 0 Å². The first kappa shape index (κ1) is 20.2. The number of unbranched alkanes of at least 4 members (excludes halogenated alkanes) is 1. The van der Waals surface area contributed by atoms with E-state index in [1.54, 1.807) is 6.07 Å². The Morgan fingerprint density at radius 2 is 1.93 bits per heavy atom. The summed E-state index contributed by atoms with van der Waals surface area (Å²) in [6, 6.07) is 12.8. The van der Waals surface area contributed by atoms with Crippen LogP contribution in [0.15, 0.2) is 51.8 Å². The fourth-order valence-electron chi connectivity index (χ4n) is 3.56. The van der Waals surface area contributed by atoms with Crippen molar-refractivity contribution in [2.75, 3.05) is 11.4 Å². The highest BCUT2D eigenvalue weighted by Crippen LogP contribution is 2.42. The topological polar surface area (TPSA) is 69.6 Å². The summed E-state index contributed by atoms with van der Waals surface area (Å²) in [5, 5.41) is 10.1. The molecule has 1 heterocycles. The normalized spacial score (nSPS) is 21.5. The van der Waals surface area contributed by atoms with Crippen LogP contribution >= 0.6 is 15.9 Å². The number of nitrogens with one attached hydrogen (secondary N) is 1. The summed E-state index contributed by atoms with van der Waals surface area (Å²) in [6.07, 6.45) is 3.36. The molecule has 0 radical (unpaired) electrons. The fraction of sp³-hybridized carbons (Fsp3) is 0.400. The maximum atomic E-state index is 13.2. The molecule has 1 aliphatic heterocycles. The van der Waals surface area contributed by atoms with Gasteiger partial charge in [0.2, 0.25) is 10.0 Å². The largest absolute Gasteiger partial charge is 0.507 e. The van der Waals surface area contributed by atoms with Gasteiger partial charge in [0, 0.05) is 18.3 Å². The molecular formula is C20H25BrN2O3S. The molecular weight excluding hydrogens is 428 g/mol. The average molecular weight is 453 g/mol. The lowest BCUT2D eigenvalue weighted by molar-refractivity contribution is 0.341. The summed E-state index contributed by atoms with van der Waals surface area (Å²) < 4.78 is 29.8. The molecule has 0 fully saturated rings. The predicted molar refractivity (Wildman–Crippen MR) is 112 cm³/mol. The van der Waals surface area contributed by atoms with Gasteiger partial charge >= 0.3 is 0 Å². The van der Waals surface area contributed by atoms with Gasteiger partial charge in [0.15, 0.2) is 0 Å². The lowest BCUT2D eigenvalue weighted by Gasteiger charge is -2.36. The Kier molecular flexibility index (Phi) is 5.84. The second-order valence-corrected chi connectivity index (χ2v) is 9.54. The molecule has 1 atom stereocenters. The van der Waals surface area contributed by atoms with Crippen molar-refractivity contribution < 1.29 is 13.5 Å². The SMILES string of the molecule is CCCCC1(CC)CN(c2ccccc2)c2cc(Br)c(O)cc2S(=O)(=O)N1. The molecule has 0 aliphatic carbocycles. The molecule has 2 aromatic rings. The number of sulfonamides is 1.